The zero-order valence-electron chi connectivity index (χ0n) is 12.0. The summed E-state index contributed by atoms with van der Waals surface area (Å²) in [7, 11) is 0. The van der Waals surface area contributed by atoms with Crippen molar-refractivity contribution in [3.8, 4) is 0 Å². The smallest absolute Gasteiger partial charge is 0.107 e. The van der Waals surface area contributed by atoms with E-state index >= 15 is 0 Å². The van der Waals surface area contributed by atoms with Crippen LogP contribution in [0, 0.1) is 6.92 Å². The van der Waals surface area contributed by atoms with Crippen LogP contribution in [0.2, 0.25) is 0 Å². The van der Waals surface area contributed by atoms with E-state index in [0.717, 1.165) is 12.5 Å². The van der Waals surface area contributed by atoms with Crippen LogP contribution < -0.4 is 5.32 Å². The van der Waals surface area contributed by atoms with E-state index in [1.165, 1.54) is 41.1 Å². The molecule has 1 saturated carbocycles. The molecule has 0 saturated heterocycles. The van der Waals surface area contributed by atoms with Crippen molar-refractivity contribution < 1.29 is 0 Å². The minimum atomic E-state index is 0.666. The molecule has 1 N–H and O–H groups in total. The molecule has 1 aromatic carbocycles. The van der Waals surface area contributed by atoms with E-state index in [9.17, 15) is 0 Å². The van der Waals surface area contributed by atoms with Crippen molar-refractivity contribution in [1.82, 2.24) is 10.3 Å². The number of benzene rings is 1. The van der Waals surface area contributed by atoms with Gasteiger partial charge in [0, 0.05) is 23.7 Å². The van der Waals surface area contributed by atoms with Gasteiger partial charge in [-0.1, -0.05) is 30.3 Å². The maximum Gasteiger partial charge on any atom is 0.107 e. The van der Waals surface area contributed by atoms with Crippen molar-refractivity contribution in [1.29, 1.82) is 0 Å². The molecule has 0 unspecified atom stereocenters. The summed E-state index contributed by atoms with van der Waals surface area (Å²) in [6, 6.07) is 11.6. The van der Waals surface area contributed by atoms with Gasteiger partial charge in [0.15, 0.2) is 0 Å². The first-order chi connectivity index (χ1) is 9.81. The number of hydrogen-bond donors (Lipinski definition) is 1. The summed E-state index contributed by atoms with van der Waals surface area (Å²) in [6.07, 6.45) is 7.14. The molecule has 1 heterocycles. The number of thiazole rings is 1. The van der Waals surface area contributed by atoms with E-state index in [4.69, 9.17) is 0 Å². The Bertz CT molecular complexity index is 527. The third kappa shape index (κ3) is 3.47. The molecule has 1 aliphatic rings. The maximum atomic E-state index is 4.42. The second kappa shape index (κ2) is 6.51. The maximum absolute atomic E-state index is 4.42. The summed E-state index contributed by atoms with van der Waals surface area (Å²) >= 11 is 1.80. The van der Waals surface area contributed by atoms with Gasteiger partial charge in [0.2, 0.25) is 0 Å². The molecule has 2 nitrogen and oxygen atoms in total. The predicted octanol–water partition coefficient (Wildman–Crippen LogP) is 4.27. The minimum Gasteiger partial charge on any atom is -0.308 e. The van der Waals surface area contributed by atoms with E-state index in [1.54, 1.807) is 11.3 Å². The first-order valence-electron chi connectivity index (χ1n) is 7.51. The molecule has 20 heavy (non-hydrogen) atoms. The molecule has 0 atom stereocenters. The standard InChI is InChI=1S/C17H22N2S/c1-13-11-19-17(20-13)12-18-16-9-7-15(8-10-16)14-5-3-2-4-6-14/h2-6,11,15-16,18H,7-10,12H2,1H3. The van der Waals surface area contributed by atoms with Crippen LogP contribution in [0.15, 0.2) is 36.5 Å². The fourth-order valence-corrected chi connectivity index (χ4v) is 3.81. The summed E-state index contributed by atoms with van der Waals surface area (Å²) in [5.41, 5.74) is 1.52. The molecule has 3 rings (SSSR count). The lowest BCUT2D eigenvalue weighted by molar-refractivity contribution is 0.341. The molecule has 2 aromatic rings. The van der Waals surface area contributed by atoms with Crippen LogP contribution in [0.25, 0.3) is 0 Å². The Balaban J connectivity index is 1.47. The van der Waals surface area contributed by atoms with Gasteiger partial charge in [0.1, 0.15) is 5.01 Å². The van der Waals surface area contributed by atoms with Crippen LogP contribution in [-0.2, 0) is 6.54 Å². The molecule has 3 heteroatoms. The third-order valence-corrected chi connectivity index (χ3v) is 5.12. The summed E-state index contributed by atoms with van der Waals surface area (Å²) < 4.78 is 0. The summed E-state index contributed by atoms with van der Waals surface area (Å²) in [5, 5.41) is 4.89. The SMILES string of the molecule is Cc1cnc(CNC2CCC(c3ccccc3)CC2)s1. The van der Waals surface area contributed by atoms with Crippen LogP contribution in [0.3, 0.4) is 0 Å². The first-order valence-corrected chi connectivity index (χ1v) is 8.32. The van der Waals surface area contributed by atoms with Crippen LogP contribution in [0.4, 0.5) is 0 Å². The number of aromatic nitrogens is 1. The fraction of sp³-hybridized carbons (Fsp3) is 0.471. The average molecular weight is 286 g/mol. The topological polar surface area (TPSA) is 24.9 Å². The van der Waals surface area contributed by atoms with Crippen LogP contribution in [0.5, 0.6) is 0 Å². The molecule has 1 aliphatic carbocycles. The Morgan fingerprint density at radius 3 is 2.55 bits per heavy atom. The van der Waals surface area contributed by atoms with Gasteiger partial charge < -0.3 is 5.32 Å². The van der Waals surface area contributed by atoms with E-state index in [2.05, 4.69) is 47.6 Å². The lowest BCUT2D eigenvalue weighted by Crippen LogP contribution is -2.32. The monoisotopic (exact) mass is 286 g/mol. The molecule has 0 aliphatic heterocycles. The molecular weight excluding hydrogens is 264 g/mol. The van der Waals surface area contributed by atoms with Crippen molar-refractivity contribution in [3.63, 3.8) is 0 Å². The summed E-state index contributed by atoms with van der Waals surface area (Å²) in [4.78, 5) is 5.72. The zero-order valence-corrected chi connectivity index (χ0v) is 12.8. The van der Waals surface area contributed by atoms with E-state index < -0.39 is 0 Å². The normalized spacial score (nSPS) is 22.9. The first kappa shape index (κ1) is 13.8. The van der Waals surface area contributed by atoms with Crippen molar-refractivity contribution in [2.75, 3.05) is 0 Å². The van der Waals surface area contributed by atoms with E-state index in [1.807, 2.05) is 6.20 Å². The Hall–Kier alpha value is -1.19. The van der Waals surface area contributed by atoms with E-state index in [0.29, 0.717) is 6.04 Å². The predicted molar refractivity (Wildman–Crippen MR) is 85.1 cm³/mol. The molecule has 0 bridgehead atoms. The van der Waals surface area contributed by atoms with Crippen molar-refractivity contribution >= 4 is 11.3 Å². The average Bonchev–Trinajstić information content (AvgIpc) is 2.92. The largest absolute Gasteiger partial charge is 0.308 e. The van der Waals surface area contributed by atoms with Gasteiger partial charge in [-0.05, 0) is 44.1 Å². The van der Waals surface area contributed by atoms with Crippen LogP contribution >= 0.6 is 11.3 Å². The van der Waals surface area contributed by atoms with Gasteiger partial charge in [-0.3, -0.25) is 0 Å². The highest BCUT2D eigenvalue weighted by Crippen LogP contribution is 2.32. The van der Waals surface area contributed by atoms with Gasteiger partial charge in [-0.2, -0.15) is 0 Å². The fourth-order valence-electron chi connectivity index (χ4n) is 3.07. The van der Waals surface area contributed by atoms with E-state index in [-0.39, 0.29) is 0 Å². The molecule has 0 spiro atoms. The van der Waals surface area contributed by atoms with Gasteiger partial charge in [-0.15, -0.1) is 11.3 Å². The van der Waals surface area contributed by atoms with Crippen molar-refractivity contribution in [2.45, 2.75) is 51.1 Å². The number of nitrogens with one attached hydrogen (secondary N) is 1. The Labute approximate surface area is 125 Å². The molecule has 1 aromatic heterocycles. The molecular formula is C17H22N2S. The Morgan fingerprint density at radius 2 is 1.90 bits per heavy atom. The summed E-state index contributed by atoms with van der Waals surface area (Å²) in [6.45, 7) is 3.05. The highest BCUT2D eigenvalue weighted by atomic mass is 32.1. The van der Waals surface area contributed by atoms with Crippen molar-refractivity contribution in [2.24, 2.45) is 0 Å². The lowest BCUT2D eigenvalue weighted by atomic mass is 9.82. The van der Waals surface area contributed by atoms with Gasteiger partial charge in [0.05, 0.1) is 0 Å². The molecule has 0 amide bonds. The Morgan fingerprint density at radius 1 is 1.15 bits per heavy atom. The van der Waals surface area contributed by atoms with Gasteiger partial charge >= 0.3 is 0 Å². The number of aryl methyl sites for hydroxylation is 1. The van der Waals surface area contributed by atoms with Crippen LogP contribution in [0.1, 0.15) is 47.0 Å². The number of rotatable bonds is 4. The lowest BCUT2D eigenvalue weighted by Gasteiger charge is -2.29. The highest BCUT2D eigenvalue weighted by Gasteiger charge is 2.21. The van der Waals surface area contributed by atoms with Crippen LogP contribution in [-0.4, -0.2) is 11.0 Å². The molecule has 0 radical (unpaired) electrons. The van der Waals surface area contributed by atoms with Gasteiger partial charge in [0.25, 0.3) is 0 Å². The number of nitrogens with zero attached hydrogens (tertiary/aromatic N) is 1. The zero-order chi connectivity index (χ0) is 13.8. The van der Waals surface area contributed by atoms with Gasteiger partial charge in [-0.25, -0.2) is 4.98 Å². The third-order valence-electron chi connectivity index (χ3n) is 4.21. The number of hydrogen-bond acceptors (Lipinski definition) is 3. The molecule has 106 valence electrons. The molecule has 1 fully saturated rings. The second-order valence-electron chi connectivity index (χ2n) is 5.70. The quantitative estimate of drug-likeness (QED) is 0.908. The second-order valence-corrected chi connectivity index (χ2v) is 7.02. The summed E-state index contributed by atoms with van der Waals surface area (Å²) in [5.74, 6) is 0.761. The minimum absolute atomic E-state index is 0.666. The van der Waals surface area contributed by atoms with Crippen molar-refractivity contribution in [3.05, 3.63) is 52.0 Å². The highest BCUT2D eigenvalue weighted by molar-refractivity contribution is 7.11. The Kier molecular flexibility index (Phi) is 4.48.